The Bertz CT molecular complexity index is 737. The molecule has 1 unspecified atom stereocenters. The van der Waals surface area contributed by atoms with Gasteiger partial charge in [-0.25, -0.2) is 9.48 Å². The number of rotatable bonds is 5. The van der Waals surface area contributed by atoms with Gasteiger partial charge in [0.15, 0.2) is 11.8 Å². The zero-order valence-electron chi connectivity index (χ0n) is 12.4. The van der Waals surface area contributed by atoms with Gasteiger partial charge in [-0.15, -0.1) is 0 Å². The third-order valence-electron chi connectivity index (χ3n) is 3.23. The zero-order chi connectivity index (χ0) is 16.3. The second-order valence-corrected chi connectivity index (χ2v) is 4.59. The maximum absolute atomic E-state index is 12.0. The van der Waals surface area contributed by atoms with E-state index in [0.717, 1.165) is 4.68 Å². The van der Waals surface area contributed by atoms with Gasteiger partial charge in [0, 0.05) is 11.6 Å². The molecule has 0 saturated heterocycles. The molecular formula is C15H16N2O5. The van der Waals surface area contributed by atoms with Crippen LogP contribution in [-0.4, -0.2) is 35.1 Å². The number of aromatic nitrogens is 2. The Morgan fingerprint density at radius 1 is 1.23 bits per heavy atom. The lowest BCUT2D eigenvalue weighted by Crippen LogP contribution is -2.30. The number of nitrogens with zero attached hydrogens (tertiary/aromatic N) is 2. The molecule has 2 aromatic rings. The van der Waals surface area contributed by atoms with E-state index in [0.29, 0.717) is 17.0 Å². The van der Waals surface area contributed by atoms with Crippen LogP contribution in [0, 0.1) is 0 Å². The average Bonchev–Trinajstić information content (AvgIpc) is 2.53. The second kappa shape index (κ2) is 6.30. The molecule has 2 rings (SSSR count). The molecule has 1 heterocycles. The van der Waals surface area contributed by atoms with Crippen molar-refractivity contribution in [1.82, 2.24) is 9.78 Å². The van der Waals surface area contributed by atoms with Gasteiger partial charge in [0.2, 0.25) is 0 Å². The van der Waals surface area contributed by atoms with E-state index in [4.69, 9.17) is 14.6 Å². The number of carboxylic acid groups (broad SMARTS) is 1. The molecule has 0 aliphatic carbocycles. The zero-order valence-corrected chi connectivity index (χ0v) is 12.4. The molecule has 1 aromatic carbocycles. The fourth-order valence-corrected chi connectivity index (χ4v) is 1.94. The molecule has 0 saturated carbocycles. The number of benzene rings is 1. The third kappa shape index (κ3) is 2.93. The molecule has 0 radical (unpaired) electrons. The summed E-state index contributed by atoms with van der Waals surface area (Å²) in [5.74, 6) is -0.181. The van der Waals surface area contributed by atoms with Crippen molar-refractivity contribution >= 4 is 5.97 Å². The number of hydrogen-bond acceptors (Lipinski definition) is 5. The first-order valence-corrected chi connectivity index (χ1v) is 6.53. The Morgan fingerprint density at radius 3 is 2.36 bits per heavy atom. The highest BCUT2D eigenvalue weighted by Gasteiger charge is 2.19. The molecule has 1 atom stereocenters. The molecule has 0 amide bonds. The van der Waals surface area contributed by atoms with Crippen molar-refractivity contribution in [2.75, 3.05) is 14.2 Å². The summed E-state index contributed by atoms with van der Waals surface area (Å²) in [5, 5.41) is 13.2. The number of methoxy groups -OCH3 is 2. The molecule has 0 fully saturated rings. The molecule has 7 heteroatoms. The summed E-state index contributed by atoms with van der Waals surface area (Å²) in [6.45, 7) is 1.39. The largest absolute Gasteiger partial charge is 0.497 e. The van der Waals surface area contributed by atoms with E-state index < -0.39 is 17.6 Å². The molecule has 116 valence electrons. The molecule has 1 aromatic heterocycles. The van der Waals surface area contributed by atoms with Crippen LogP contribution in [0.25, 0.3) is 11.3 Å². The molecule has 0 spiro atoms. The number of carboxylic acids is 1. The predicted octanol–water partition coefficient (Wildman–Crippen LogP) is 1.57. The van der Waals surface area contributed by atoms with E-state index in [1.54, 1.807) is 31.4 Å². The summed E-state index contributed by atoms with van der Waals surface area (Å²) >= 11 is 0. The summed E-state index contributed by atoms with van der Waals surface area (Å²) in [4.78, 5) is 23.1. The van der Waals surface area contributed by atoms with Crippen LogP contribution in [0.3, 0.4) is 0 Å². The maximum atomic E-state index is 12.0. The van der Waals surface area contributed by atoms with E-state index in [2.05, 4.69) is 5.10 Å². The van der Waals surface area contributed by atoms with Gasteiger partial charge in [-0.1, -0.05) is 0 Å². The lowest BCUT2D eigenvalue weighted by Gasteiger charge is -2.14. The predicted molar refractivity (Wildman–Crippen MR) is 79.4 cm³/mol. The van der Waals surface area contributed by atoms with E-state index in [1.165, 1.54) is 20.1 Å². The fraction of sp³-hybridized carbons (Fsp3) is 0.267. The Morgan fingerprint density at radius 2 is 1.86 bits per heavy atom. The Hall–Kier alpha value is -2.83. The molecular weight excluding hydrogens is 288 g/mol. The summed E-state index contributed by atoms with van der Waals surface area (Å²) in [6.07, 6.45) is 0. The smallest absolute Gasteiger partial charge is 0.328 e. The van der Waals surface area contributed by atoms with Crippen LogP contribution >= 0.6 is 0 Å². The van der Waals surface area contributed by atoms with E-state index in [1.807, 2.05) is 0 Å². The van der Waals surface area contributed by atoms with Crippen LogP contribution in [-0.2, 0) is 4.79 Å². The topological polar surface area (TPSA) is 90.7 Å². The van der Waals surface area contributed by atoms with Crippen LogP contribution in [0.15, 0.2) is 35.1 Å². The number of carbonyl (C=O) groups is 1. The first-order valence-electron chi connectivity index (χ1n) is 6.53. The van der Waals surface area contributed by atoms with Crippen molar-refractivity contribution in [2.24, 2.45) is 0 Å². The standard InChI is InChI=1S/C15H16N2O5/c1-9(15(19)20)17-13(18)8-12(22-3)14(16-17)10-4-6-11(21-2)7-5-10/h4-9H,1-3H3,(H,19,20). The van der Waals surface area contributed by atoms with Crippen LogP contribution in [0.5, 0.6) is 11.5 Å². The van der Waals surface area contributed by atoms with Crippen molar-refractivity contribution in [2.45, 2.75) is 13.0 Å². The maximum Gasteiger partial charge on any atom is 0.328 e. The van der Waals surface area contributed by atoms with Crippen molar-refractivity contribution in [3.63, 3.8) is 0 Å². The van der Waals surface area contributed by atoms with E-state index in [-0.39, 0.29) is 5.75 Å². The minimum absolute atomic E-state index is 0.281. The number of aliphatic carboxylic acids is 1. The van der Waals surface area contributed by atoms with Crippen LogP contribution in [0.1, 0.15) is 13.0 Å². The van der Waals surface area contributed by atoms with E-state index >= 15 is 0 Å². The minimum Gasteiger partial charge on any atom is -0.497 e. The Labute approximate surface area is 126 Å². The highest BCUT2D eigenvalue weighted by Crippen LogP contribution is 2.28. The van der Waals surface area contributed by atoms with Gasteiger partial charge in [0.25, 0.3) is 5.56 Å². The van der Waals surface area contributed by atoms with Gasteiger partial charge < -0.3 is 14.6 Å². The first kappa shape index (κ1) is 15.6. The van der Waals surface area contributed by atoms with Gasteiger partial charge >= 0.3 is 5.97 Å². The van der Waals surface area contributed by atoms with Gasteiger partial charge in [-0.05, 0) is 31.2 Å². The molecule has 0 bridgehead atoms. The Balaban J connectivity index is 2.59. The summed E-state index contributed by atoms with van der Waals surface area (Å²) < 4.78 is 11.2. The lowest BCUT2D eigenvalue weighted by molar-refractivity contribution is -0.140. The second-order valence-electron chi connectivity index (χ2n) is 4.59. The van der Waals surface area contributed by atoms with Gasteiger partial charge in [-0.3, -0.25) is 4.79 Å². The molecule has 7 nitrogen and oxygen atoms in total. The normalized spacial score (nSPS) is 11.8. The Kier molecular flexibility index (Phi) is 4.45. The minimum atomic E-state index is -1.14. The van der Waals surface area contributed by atoms with Gasteiger partial charge in [-0.2, -0.15) is 5.10 Å². The van der Waals surface area contributed by atoms with Crippen LogP contribution in [0.4, 0.5) is 0 Å². The molecule has 1 N–H and O–H groups in total. The van der Waals surface area contributed by atoms with Crippen molar-refractivity contribution in [3.05, 3.63) is 40.7 Å². The van der Waals surface area contributed by atoms with Crippen molar-refractivity contribution in [1.29, 1.82) is 0 Å². The summed E-state index contributed by atoms with van der Waals surface area (Å²) in [7, 11) is 2.98. The first-order chi connectivity index (χ1) is 10.5. The summed E-state index contributed by atoms with van der Waals surface area (Å²) in [6, 6.07) is 7.15. The molecule has 0 aliphatic heterocycles. The lowest BCUT2D eigenvalue weighted by atomic mass is 10.1. The van der Waals surface area contributed by atoms with E-state index in [9.17, 15) is 9.59 Å². The SMILES string of the molecule is COc1ccc(-c2nn(C(C)C(=O)O)c(=O)cc2OC)cc1. The third-order valence-corrected chi connectivity index (χ3v) is 3.23. The summed E-state index contributed by atoms with van der Waals surface area (Å²) in [5.41, 5.74) is 0.533. The number of ether oxygens (including phenoxy) is 2. The van der Waals surface area contributed by atoms with Crippen LogP contribution in [0.2, 0.25) is 0 Å². The quantitative estimate of drug-likeness (QED) is 0.901. The van der Waals surface area contributed by atoms with Crippen LogP contribution < -0.4 is 15.0 Å². The highest BCUT2D eigenvalue weighted by atomic mass is 16.5. The van der Waals surface area contributed by atoms with Crippen molar-refractivity contribution < 1.29 is 19.4 Å². The van der Waals surface area contributed by atoms with Gasteiger partial charge in [0.1, 0.15) is 11.4 Å². The number of hydrogen-bond donors (Lipinski definition) is 1. The monoisotopic (exact) mass is 304 g/mol. The van der Waals surface area contributed by atoms with Crippen molar-refractivity contribution in [3.8, 4) is 22.8 Å². The van der Waals surface area contributed by atoms with Gasteiger partial charge in [0.05, 0.1) is 14.2 Å². The molecule has 0 aliphatic rings. The highest BCUT2D eigenvalue weighted by molar-refractivity contribution is 5.71. The molecule has 22 heavy (non-hydrogen) atoms. The fourth-order valence-electron chi connectivity index (χ4n) is 1.94. The average molecular weight is 304 g/mol.